The molecule has 0 aromatic heterocycles. The highest BCUT2D eigenvalue weighted by Crippen LogP contribution is 1.75. The number of hydrogen-bond acceptors (Lipinski definition) is 2. The lowest BCUT2D eigenvalue weighted by molar-refractivity contribution is -0.117. The van der Waals surface area contributed by atoms with Gasteiger partial charge in [-0.25, -0.2) is 0 Å². The van der Waals surface area contributed by atoms with Crippen molar-refractivity contribution in [2.45, 2.75) is 0 Å². The molecule has 2 N–H and O–H groups in total. The highest BCUT2D eigenvalue weighted by Gasteiger charge is 2.10. The number of rotatable bonds is 0. The SMILES string of the molecule is O=C1CNC(=S)N1.[HH].[HH]. The minimum absolute atomic E-state index is 0. The van der Waals surface area contributed by atoms with Crippen LogP contribution in [-0.2, 0) is 4.79 Å². The van der Waals surface area contributed by atoms with Gasteiger partial charge in [0.05, 0.1) is 6.54 Å². The van der Waals surface area contributed by atoms with E-state index in [1.807, 2.05) is 0 Å². The van der Waals surface area contributed by atoms with Gasteiger partial charge in [-0.3, -0.25) is 4.79 Å². The highest BCUT2D eigenvalue weighted by molar-refractivity contribution is 7.80. The van der Waals surface area contributed by atoms with Gasteiger partial charge in [0.25, 0.3) is 0 Å². The van der Waals surface area contributed by atoms with E-state index in [1.165, 1.54) is 0 Å². The minimum Gasteiger partial charge on any atom is -0.353 e. The Labute approximate surface area is 49.1 Å². The first kappa shape index (κ1) is 4.52. The van der Waals surface area contributed by atoms with E-state index in [0.29, 0.717) is 11.7 Å². The zero-order valence-corrected chi connectivity index (χ0v) is 4.34. The van der Waals surface area contributed by atoms with Gasteiger partial charge in [-0.2, -0.15) is 0 Å². The molecule has 1 aliphatic rings. The van der Waals surface area contributed by atoms with Crippen molar-refractivity contribution >= 4 is 23.2 Å². The molecule has 4 heteroatoms. The highest BCUT2D eigenvalue weighted by atomic mass is 32.1. The van der Waals surface area contributed by atoms with Gasteiger partial charge in [-0.1, -0.05) is 0 Å². The molecule has 7 heavy (non-hydrogen) atoms. The van der Waals surface area contributed by atoms with Crippen LogP contribution in [0.5, 0.6) is 0 Å². The molecule has 1 aliphatic heterocycles. The topological polar surface area (TPSA) is 41.1 Å². The molecule has 0 spiro atoms. The molecule has 3 nitrogen and oxygen atoms in total. The number of amides is 1. The molecule has 1 fully saturated rings. The van der Waals surface area contributed by atoms with Crippen molar-refractivity contribution in [3.05, 3.63) is 0 Å². The van der Waals surface area contributed by atoms with Gasteiger partial charge in [0.1, 0.15) is 0 Å². The molecule has 42 valence electrons. The smallest absolute Gasteiger partial charge is 0.245 e. The Bertz CT molecular complexity index is 115. The second-order valence-corrected chi connectivity index (χ2v) is 1.64. The lowest BCUT2D eigenvalue weighted by Gasteiger charge is -1.83. The summed E-state index contributed by atoms with van der Waals surface area (Å²) in [6.07, 6.45) is 0. The largest absolute Gasteiger partial charge is 0.353 e. The summed E-state index contributed by atoms with van der Waals surface area (Å²) in [5, 5.41) is 5.47. The van der Waals surface area contributed by atoms with Crippen molar-refractivity contribution in [3.63, 3.8) is 0 Å². The van der Waals surface area contributed by atoms with E-state index in [1.54, 1.807) is 0 Å². The van der Waals surface area contributed by atoms with Gasteiger partial charge in [-0.05, 0) is 12.2 Å². The Hall–Kier alpha value is -0.640. The second kappa shape index (κ2) is 1.46. The van der Waals surface area contributed by atoms with E-state index in [-0.39, 0.29) is 8.76 Å². The van der Waals surface area contributed by atoms with Gasteiger partial charge in [0, 0.05) is 2.85 Å². The third kappa shape index (κ3) is 0.866. The Balaban J connectivity index is 0. The maximum atomic E-state index is 10.2. The van der Waals surface area contributed by atoms with Crippen molar-refractivity contribution in [1.82, 2.24) is 10.6 Å². The summed E-state index contributed by atoms with van der Waals surface area (Å²) in [5.41, 5.74) is 0. The number of hydrogen-bond donors (Lipinski definition) is 2. The molecule has 1 heterocycles. The van der Waals surface area contributed by atoms with E-state index in [9.17, 15) is 4.79 Å². The molecule has 0 aromatic rings. The molecule has 0 aliphatic carbocycles. The molecule has 0 saturated carbocycles. The first-order chi connectivity index (χ1) is 3.29. The first-order valence-electron chi connectivity index (χ1n) is 1.87. The molecule has 1 amide bonds. The predicted molar refractivity (Wildman–Crippen MR) is 33.0 cm³/mol. The third-order valence-corrected chi connectivity index (χ3v) is 0.909. The van der Waals surface area contributed by atoms with Crippen LogP contribution in [0.15, 0.2) is 0 Å². The van der Waals surface area contributed by atoms with Crippen LogP contribution in [0.2, 0.25) is 0 Å². The van der Waals surface area contributed by atoms with E-state index < -0.39 is 0 Å². The molecule has 1 rings (SSSR count). The summed E-state index contributed by atoms with van der Waals surface area (Å²) in [6, 6.07) is 0. The maximum Gasteiger partial charge on any atom is 0.245 e. The Kier molecular flexibility index (Phi) is 0.941. The van der Waals surface area contributed by atoms with Crippen LogP contribution in [0.3, 0.4) is 0 Å². The normalized spacial score (nSPS) is 18.9. The van der Waals surface area contributed by atoms with Crippen molar-refractivity contribution < 1.29 is 7.65 Å². The van der Waals surface area contributed by atoms with Crippen LogP contribution in [0.25, 0.3) is 0 Å². The van der Waals surface area contributed by atoms with E-state index in [4.69, 9.17) is 0 Å². The van der Waals surface area contributed by atoms with Gasteiger partial charge in [0.2, 0.25) is 5.91 Å². The zero-order chi connectivity index (χ0) is 5.28. The van der Waals surface area contributed by atoms with Gasteiger partial charge < -0.3 is 10.6 Å². The molecule has 0 atom stereocenters. The maximum absolute atomic E-state index is 10.2. The number of thiocarbonyl (C=S) groups is 1. The van der Waals surface area contributed by atoms with Gasteiger partial charge in [0.15, 0.2) is 5.11 Å². The van der Waals surface area contributed by atoms with Crippen molar-refractivity contribution in [2.24, 2.45) is 0 Å². The average Bonchev–Trinajstić information content (AvgIpc) is 1.87. The summed E-state index contributed by atoms with van der Waals surface area (Å²) in [4.78, 5) is 10.2. The van der Waals surface area contributed by atoms with Crippen LogP contribution in [0.1, 0.15) is 2.85 Å². The molecule has 0 unspecified atom stereocenters. The Morgan fingerprint density at radius 2 is 2.57 bits per heavy atom. The molecule has 0 bridgehead atoms. The summed E-state index contributed by atoms with van der Waals surface area (Å²) in [6.45, 7) is 0.332. The third-order valence-electron chi connectivity index (χ3n) is 0.662. The molecule has 0 radical (unpaired) electrons. The van der Waals surface area contributed by atoms with E-state index >= 15 is 0 Å². The standard InChI is InChI=1S/C3H4N2OS.2H2/c6-2-1-4-3(7)5-2;;/h1H2,(H2,4,5,6,7);2*1H. The summed E-state index contributed by atoms with van der Waals surface area (Å²) in [7, 11) is 0. The second-order valence-electron chi connectivity index (χ2n) is 1.23. The molecular formula is C3H8N2OS. The van der Waals surface area contributed by atoms with Gasteiger partial charge in [-0.15, -0.1) is 0 Å². The predicted octanol–water partition coefficient (Wildman–Crippen LogP) is -0.517. The molecule has 0 aromatic carbocycles. The summed E-state index contributed by atoms with van der Waals surface area (Å²) in [5.74, 6) is -0.0509. The quantitative estimate of drug-likeness (QED) is 0.423. The minimum atomic E-state index is -0.0509. The Morgan fingerprint density at radius 3 is 2.71 bits per heavy atom. The van der Waals surface area contributed by atoms with Crippen LogP contribution >= 0.6 is 12.2 Å². The monoisotopic (exact) mass is 120 g/mol. The number of carbonyl (C=O) groups excluding carboxylic acids is 1. The van der Waals surface area contributed by atoms with Crippen LogP contribution in [-0.4, -0.2) is 17.6 Å². The van der Waals surface area contributed by atoms with Crippen molar-refractivity contribution in [1.29, 1.82) is 0 Å². The van der Waals surface area contributed by atoms with Crippen molar-refractivity contribution in [3.8, 4) is 0 Å². The lowest BCUT2D eigenvalue weighted by atomic mass is 10.7. The number of nitrogens with one attached hydrogen (secondary N) is 2. The molecule has 1 saturated heterocycles. The number of carbonyl (C=O) groups is 1. The van der Waals surface area contributed by atoms with Crippen LogP contribution in [0.4, 0.5) is 0 Å². The van der Waals surface area contributed by atoms with E-state index in [2.05, 4.69) is 22.9 Å². The fraction of sp³-hybridized carbons (Fsp3) is 0.333. The fourth-order valence-corrected chi connectivity index (χ4v) is 0.562. The van der Waals surface area contributed by atoms with Crippen molar-refractivity contribution in [2.75, 3.05) is 6.54 Å². The first-order valence-corrected chi connectivity index (χ1v) is 2.27. The fourth-order valence-electron chi connectivity index (χ4n) is 0.376. The average molecular weight is 120 g/mol. The summed E-state index contributed by atoms with van der Waals surface area (Å²) < 4.78 is 0. The van der Waals surface area contributed by atoms with Gasteiger partial charge >= 0.3 is 0 Å². The van der Waals surface area contributed by atoms with E-state index in [0.717, 1.165) is 0 Å². The lowest BCUT2D eigenvalue weighted by Crippen LogP contribution is -2.21. The van der Waals surface area contributed by atoms with Crippen LogP contribution in [0, 0.1) is 0 Å². The Morgan fingerprint density at radius 1 is 1.86 bits per heavy atom. The zero-order valence-electron chi connectivity index (χ0n) is 3.52. The van der Waals surface area contributed by atoms with Crippen LogP contribution < -0.4 is 10.6 Å². The molecular weight excluding hydrogens is 112 g/mol. The summed E-state index contributed by atoms with van der Waals surface area (Å²) >= 11 is 4.55.